The van der Waals surface area contributed by atoms with E-state index in [2.05, 4.69) is 10.2 Å². The van der Waals surface area contributed by atoms with Crippen molar-refractivity contribution in [2.24, 2.45) is 5.92 Å². The molecule has 2 N–H and O–H groups in total. The van der Waals surface area contributed by atoms with Crippen LogP contribution in [0.2, 0.25) is 0 Å². The molecule has 8 heteroatoms. The van der Waals surface area contributed by atoms with Crippen LogP contribution in [-0.2, 0) is 14.4 Å². The maximum Gasteiger partial charge on any atom is 0.474 e. The highest BCUT2D eigenvalue weighted by atomic mass is 19.4. The van der Waals surface area contributed by atoms with Crippen molar-refractivity contribution in [2.45, 2.75) is 19.0 Å². The molecular formula is C8H11F3N2O3. The molecule has 1 rings (SSSR count). The number of piperidine rings is 1. The SMILES string of the molecule is O=C(ONC(=O)C(F)(F)F)C1CCCNC1. The lowest BCUT2D eigenvalue weighted by molar-refractivity contribution is -0.190. The van der Waals surface area contributed by atoms with Gasteiger partial charge in [0.1, 0.15) is 0 Å². The van der Waals surface area contributed by atoms with Crippen LogP contribution in [0.4, 0.5) is 13.2 Å². The average Bonchev–Trinajstić information content (AvgIpc) is 2.25. The van der Waals surface area contributed by atoms with Gasteiger partial charge in [0.2, 0.25) is 0 Å². The largest absolute Gasteiger partial charge is 0.474 e. The van der Waals surface area contributed by atoms with Gasteiger partial charge in [0.15, 0.2) is 0 Å². The van der Waals surface area contributed by atoms with Crippen LogP contribution >= 0.6 is 0 Å². The van der Waals surface area contributed by atoms with Crippen molar-refractivity contribution >= 4 is 11.9 Å². The fourth-order valence-corrected chi connectivity index (χ4v) is 1.29. The predicted molar refractivity (Wildman–Crippen MR) is 45.9 cm³/mol. The van der Waals surface area contributed by atoms with E-state index >= 15 is 0 Å². The minimum Gasteiger partial charge on any atom is -0.340 e. The lowest BCUT2D eigenvalue weighted by Gasteiger charge is -2.20. The topological polar surface area (TPSA) is 67.4 Å². The summed E-state index contributed by atoms with van der Waals surface area (Å²) in [4.78, 5) is 25.6. The third-order valence-electron chi connectivity index (χ3n) is 2.13. The van der Waals surface area contributed by atoms with Crippen molar-refractivity contribution in [3.05, 3.63) is 0 Å². The Kier molecular flexibility index (Phi) is 4.11. The molecule has 0 aromatic heterocycles. The van der Waals surface area contributed by atoms with E-state index < -0.39 is 24.0 Å². The zero-order valence-electron chi connectivity index (χ0n) is 8.26. The number of rotatable bonds is 1. The summed E-state index contributed by atoms with van der Waals surface area (Å²) in [6, 6.07) is 0. The van der Waals surface area contributed by atoms with Crippen LogP contribution in [-0.4, -0.2) is 31.1 Å². The summed E-state index contributed by atoms with van der Waals surface area (Å²) in [5.74, 6) is -3.66. The fourth-order valence-electron chi connectivity index (χ4n) is 1.29. The molecule has 1 heterocycles. The number of carbonyl (C=O) groups excluding carboxylic acids is 2. The van der Waals surface area contributed by atoms with Crippen molar-refractivity contribution < 1.29 is 27.6 Å². The first kappa shape index (κ1) is 12.8. The molecule has 92 valence electrons. The van der Waals surface area contributed by atoms with E-state index in [1.165, 1.54) is 0 Å². The molecule has 1 unspecified atom stereocenters. The Morgan fingerprint density at radius 3 is 2.56 bits per heavy atom. The summed E-state index contributed by atoms with van der Waals surface area (Å²) in [6.45, 7) is 1.11. The van der Waals surface area contributed by atoms with Gasteiger partial charge in [0.05, 0.1) is 5.92 Å². The van der Waals surface area contributed by atoms with Crippen molar-refractivity contribution in [2.75, 3.05) is 13.1 Å². The second-order valence-corrected chi connectivity index (χ2v) is 3.39. The zero-order chi connectivity index (χ0) is 12.2. The molecule has 1 amide bonds. The second kappa shape index (κ2) is 5.15. The smallest absolute Gasteiger partial charge is 0.340 e. The Labute approximate surface area is 89.3 Å². The van der Waals surface area contributed by atoms with Crippen molar-refractivity contribution in [3.63, 3.8) is 0 Å². The first-order chi connectivity index (χ1) is 7.41. The molecule has 1 saturated heterocycles. The van der Waals surface area contributed by atoms with E-state index in [0.717, 1.165) is 18.4 Å². The molecule has 0 aromatic carbocycles. The van der Waals surface area contributed by atoms with Gasteiger partial charge in [-0.15, -0.1) is 0 Å². The third-order valence-corrected chi connectivity index (χ3v) is 2.13. The van der Waals surface area contributed by atoms with Gasteiger partial charge in [-0.3, -0.25) is 4.79 Å². The van der Waals surface area contributed by atoms with Crippen molar-refractivity contribution in [3.8, 4) is 0 Å². The van der Waals surface area contributed by atoms with Gasteiger partial charge >= 0.3 is 18.1 Å². The van der Waals surface area contributed by atoms with Gasteiger partial charge in [-0.1, -0.05) is 0 Å². The number of hydrogen-bond acceptors (Lipinski definition) is 4. The standard InChI is InChI=1S/C8H11F3N2O3/c9-8(10,11)7(15)13-16-6(14)5-2-1-3-12-4-5/h5,12H,1-4H2,(H,13,15). The molecule has 1 atom stereocenters. The minimum atomic E-state index is -5.05. The van der Waals surface area contributed by atoms with E-state index in [9.17, 15) is 22.8 Å². The van der Waals surface area contributed by atoms with Crippen LogP contribution in [0.25, 0.3) is 0 Å². The molecule has 1 aliphatic rings. The third kappa shape index (κ3) is 3.69. The normalized spacial score (nSPS) is 21.3. The van der Waals surface area contributed by atoms with Crippen LogP contribution in [0.3, 0.4) is 0 Å². The first-order valence-corrected chi connectivity index (χ1v) is 4.70. The van der Waals surface area contributed by atoms with Gasteiger partial charge in [0.25, 0.3) is 0 Å². The molecule has 0 spiro atoms. The van der Waals surface area contributed by atoms with E-state index in [1.54, 1.807) is 0 Å². The Morgan fingerprint density at radius 2 is 2.06 bits per heavy atom. The van der Waals surface area contributed by atoms with Crippen LogP contribution in [0.1, 0.15) is 12.8 Å². The van der Waals surface area contributed by atoms with Crippen LogP contribution in [0, 0.1) is 5.92 Å². The molecule has 1 aliphatic heterocycles. The Hall–Kier alpha value is -1.31. The molecular weight excluding hydrogens is 229 g/mol. The van der Waals surface area contributed by atoms with E-state index in [0.29, 0.717) is 13.0 Å². The maximum absolute atomic E-state index is 11.7. The highest BCUT2D eigenvalue weighted by molar-refractivity contribution is 5.82. The molecule has 0 radical (unpaired) electrons. The average molecular weight is 240 g/mol. The molecule has 16 heavy (non-hydrogen) atoms. The predicted octanol–water partition coefficient (Wildman–Crippen LogP) is 0.123. The first-order valence-electron chi connectivity index (χ1n) is 4.70. The van der Waals surface area contributed by atoms with Crippen molar-refractivity contribution in [1.82, 2.24) is 10.8 Å². The molecule has 0 bridgehead atoms. The van der Waals surface area contributed by atoms with E-state index in [1.807, 2.05) is 0 Å². The van der Waals surface area contributed by atoms with Gasteiger partial charge in [0, 0.05) is 6.54 Å². The van der Waals surface area contributed by atoms with Gasteiger partial charge in [-0.25, -0.2) is 4.79 Å². The van der Waals surface area contributed by atoms with Crippen LogP contribution in [0.5, 0.6) is 0 Å². The molecule has 5 nitrogen and oxygen atoms in total. The Morgan fingerprint density at radius 1 is 1.38 bits per heavy atom. The zero-order valence-corrected chi connectivity index (χ0v) is 8.26. The van der Waals surface area contributed by atoms with Gasteiger partial charge in [-0.05, 0) is 19.4 Å². The number of nitrogens with one attached hydrogen (secondary N) is 2. The minimum absolute atomic E-state index is 0.348. The van der Waals surface area contributed by atoms with Crippen molar-refractivity contribution in [1.29, 1.82) is 0 Å². The number of hydroxylamine groups is 1. The number of hydrogen-bond donors (Lipinski definition) is 2. The van der Waals surface area contributed by atoms with E-state index in [-0.39, 0.29) is 0 Å². The summed E-state index contributed by atoms with van der Waals surface area (Å²) < 4.78 is 35.2. The number of alkyl halides is 3. The lowest BCUT2D eigenvalue weighted by Crippen LogP contribution is -2.42. The Balaban J connectivity index is 2.32. The monoisotopic (exact) mass is 240 g/mol. The number of amides is 1. The van der Waals surface area contributed by atoms with Crippen LogP contribution in [0.15, 0.2) is 0 Å². The summed E-state index contributed by atoms with van der Waals surface area (Å²) in [7, 11) is 0. The molecule has 0 aliphatic carbocycles. The second-order valence-electron chi connectivity index (χ2n) is 3.39. The summed E-state index contributed by atoms with van der Waals surface area (Å²) in [5.41, 5.74) is 1.08. The molecule has 1 fully saturated rings. The lowest BCUT2D eigenvalue weighted by atomic mass is 10.0. The molecule has 0 saturated carbocycles. The quantitative estimate of drug-likeness (QED) is 0.639. The summed E-state index contributed by atoms with van der Waals surface area (Å²) >= 11 is 0. The Bertz CT molecular complexity index is 274. The van der Waals surface area contributed by atoms with Gasteiger partial charge in [-0.2, -0.15) is 18.7 Å². The fraction of sp³-hybridized carbons (Fsp3) is 0.750. The maximum atomic E-state index is 11.7. The molecule has 0 aromatic rings. The highest BCUT2D eigenvalue weighted by Gasteiger charge is 2.40. The van der Waals surface area contributed by atoms with E-state index in [4.69, 9.17) is 0 Å². The number of halogens is 3. The van der Waals surface area contributed by atoms with Gasteiger partial charge < -0.3 is 10.2 Å². The van der Waals surface area contributed by atoms with Crippen LogP contribution < -0.4 is 10.8 Å². The summed E-state index contributed by atoms with van der Waals surface area (Å²) in [6.07, 6.45) is -3.77. The highest BCUT2D eigenvalue weighted by Crippen LogP contribution is 2.15. The number of carbonyl (C=O) groups is 2. The summed E-state index contributed by atoms with van der Waals surface area (Å²) in [5, 5.41) is 2.90.